The Labute approximate surface area is 154 Å². The molecule has 0 radical (unpaired) electrons. The van der Waals surface area contributed by atoms with Crippen LogP contribution in [0.5, 0.6) is 5.75 Å². The summed E-state index contributed by atoms with van der Waals surface area (Å²) in [5.74, 6) is 0.621. The Balaban J connectivity index is 1.59. The molecule has 2 N–H and O–H groups in total. The van der Waals surface area contributed by atoms with Crippen molar-refractivity contribution in [3.8, 4) is 11.4 Å². The molecule has 0 spiro atoms. The summed E-state index contributed by atoms with van der Waals surface area (Å²) in [6.45, 7) is 2.38. The van der Waals surface area contributed by atoms with Crippen LogP contribution in [0.15, 0.2) is 53.6 Å². The highest BCUT2D eigenvalue weighted by atomic mass is 16.5. The highest BCUT2D eigenvalue weighted by Crippen LogP contribution is 2.26. The molecule has 8 nitrogen and oxygen atoms in total. The molecule has 0 aliphatic heterocycles. The molecule has 0 bridgehead atoms. The zero-order valence-corrected chi connectivity index (χ0v) is 14.9. The number of aromatic nitrogens is 5. The van der Waals surface area contributed by atoms with Gasteiger partial charge < -0.3 is 15.0 Å². The van der Waals surface area contributed by atoms with Crippen molar-refractivity contribution in [1.82, 2.24) is 25.2 Å². The van der Waals surface area contributed by atoms with Crippen molar-refractivity contribution >= 4 is 16.6 Å². The van der Waals surface area contributed by atoms with E-state index in [-0.39, 0.29) is 5.56 Å². The zero-order chi connectivity index (χ0) is 18.8. The highest BCUT2D eigenvalue weighted by Gasteiger charge is 2.09. The Morgan fingerprint density at radius 1 is 1.22 bits per heavy atom. The van der Waals surface area contributed by atoms with Crippen LogP contribution in [0.2, 0.25) is 0 Å². The lowest BCUT2D eigenvalue weighted by atomic mass is 10.1. The molecule has 136 valence electrons. The molecule has 0 fully saturated rings. The number of nitrogens with one attached hydrogen (secondary N) is 2. The van der Waals surface area contributed by atoms with E-state index in [1.165, 1.54) is 11.0 Å². The van der Waals surface area contributed by atoms with Gasteiger partial charge in [0.05, 0.1) is 12.6 Å². The van der Waals surface area contributed by atoms with Gasteiger partial charge in [-0.1, -0.05) is 18.2 Å². The fourth-order valence-electron chi connectivity index (χ4n) is 3.01. The molecule has 2 aromatic carbocycles. The maximum absolute atomic E-state index is 12.4. The number of pyridine rings is 1. The van der Waals surface area contributed by atoms with Crippen molar-refractivity contribution in [3.05, 3.63) is 70.3 Å². The molecule has 8 heteroatoms. The number of aryl methyl sites for hydroxylation is 1. The predicted molar refractivity (Wildman–Crippen MR) is 102 cm³/mol. The van der Waals surface area contributed by atoms with Gasteiger partial charge in [-0.3, -0.25) is 4.79 Å². The third kappa shape index (κ3) is 3.24. The van der Waals surface area contributed by atoms with Gasteiger partial charge in [0.1, 0.15) is 17.8 Å². The van der Waals surface area contributed by atoms with E-state index in [9.17, 15) is 4.79 Å². The molecule has 2 aromatic heterocycles. The molecule has 0 saturated heterocycles. The van der Waals surface area contributed by atoms with Crippen molar-refractivity contribution in [2.24, 2.45) is 0 Å². The van der Waals surface area contributed by atoms with Gasteiger partial charge in [0.25, 0.3) is 5.56 Å². The summed E-state index contributed by atoms with van der Waals surface area (Å²) in [6, 6.07) is 13.5. The molecule has 0 amide bonds. The number of tetrazole rings is 1. The molecular weight excluding hydrogens is 344 g/mol. The number of para-hydroxylation sites is 1. The minimum absolute atomic E-state index is 0.0958. The minimum atomic E-state index is -0.0958. The lowest BCUT2D eigenvalue weighted by molar-refractivity contribution is 0.411. The first-order valence-electron chi connectivity index (χ1n) is 8.42. The number of nitrogens with zero attached hydrogens (tertiary/aromatic N) is 4. The monoisotopic (exact) mass is 362 g/mol. The first kappa shape index (κ1) is 16.8. The lowest BCUT2D eigenvalue weighted by Crippen LogP contribution is -2.16. The summed E-state index contributed by atoms with van der Waals surface area (Å²) >= 11 is 0. The van der Waals surface area contributed by atoms with Crippen molar-refractivity contribution in [2.75, 3.05) is 12.4 Å². The second-order valence-electron chi connectivity index (χ2n) is 6.16. The van der Waals surface area contributed by atoms with Crippen molar-refractivity contribution in [2.45, 2.75) is 13.5 Å². The minimum Gasteiger partial charge on any atom is -0.494 e. The quantitative estimate of drug-likeness (QED) is 0.566. The normalized spacial score (nSPS) is 10.9. The Morgan fingerprint density at radius 2 is 2.11 bits per heavy atom. The summed E-state index contributed by atoms with van der Waals surface area (Å²) in [6.07, 6.45) is 1.50. The number of benzene rings is 2. The number of H-pyrrole nitrogens is 1. The second kappa shape index (κ2) is 6.91. The first-order valence-corrected chi connectivity index (χ1v) is 8.42. The van der Waals surface area contributed by atoms with Crippen LogP contribution in [0, 0.1) is 6.92 Å². The molecule has 0 saturated carbocycles. The first-order chi connectivity index (χ1) is 13.2. The van der Waals surface area contributed by atoms with Crippen LogP contribution < -0.4 is 15.6 Å². The topological polar surface area (TPSA) is 97.7 Å². The van der Waals surface area contributed by atoms with Crippen LogP contribution >= 0.6 is 0 Å². The van der Waals surface area contributed by atoms with Gasteiger partial charge >= 0.3 is 0 Å². The van der Waals surface area contributed by atoms with Gasteiger partial charge in [0.2, 0.25) is 0 Å². The number of methoxy groups -OCH3 is 1. The summed E-state index contributed by atoms with van der Waals surface area (Å²) in [5, 5.41) is 15.4. The molecule has 27 heavy (non-hydrogen) atoms. The van der Waals surface area contributed by atoms with E-state index in [0.29, 0.717) is 17.9 Å². The van der Waals surface area contributed by atoms with E-state index in [4.69, 9.17) is 4.74 Å². The van der Waals surface area contributed by atoms with Gasteiger partial charge in [0.15, 0.2) is 0 Å². The number of anilines is 1. The van der Waals surface area contributed by atoms with Gasteiger partial charge in [0, 0.05) is 23.9 Å². The SMILES string of the molecule is COc1cc(NCc2cc3cccc(C)c3[nH]c2=O)ccc1-n1cnnn1. The highest BCUT2D eigenvalue weighted by molar-refractivity contribution is 5.82. The zero-order valence-electron chi connectivity index (χ0n) is 14.9. The van der Waals surface area contributed by atoms with Crippen molar-refractivity contribution in [1.29, 1.82) is 0 Å². The summed E-state index contributed by atoms with van der Waals surface area (Å²) in [4.78, 5) is 15.4. The van der Waals surface area contributed by atoms with E-state index >= 15 is 0 Å². The number of hydrogen-bond donors (Lipinski definition) is 2. The Hall–Kier alpha value is -3.68. The van der Waals surface area contributed by atoms with Crippen LogP contribution in [0.3, 0.4) is 0 Å². The molecule has 2 heterocycles. The van der Waals surface area contributed by atoms with E-state index < -0.39 is 0 Å². The van der Waals surface area contributed by atoms with E-state index in [2.05, 4.69) is 25.8 Å². The predicted octanol–water partition coefficient (Wildman–Crippen LogP) is 2.43. The molecular formula is C19H18N6O2. The second-order valence-corrected chi connectivity index (χ2v) is 6.16. The smallest absolute Gasteiger partial charge is 0.253 e. The van der Waals surface area contributed by atoms with Gasteiger partial charge in [-0.2, -0.15) is 4.68 Å². The van der Waals surface area contributed by atoms with E-state index in [1.54, 1.807) is 7.11 Å². The third-order valence-corrected chi connectivity index (χ3v) is 4.42. The average Bonchev–Trinajstić information content (AvgIpc) is 3.21. The Bertz CT molecular complexity index is 1150. The molecule has 0 aliphatic carbocycles. The number of rotatable bonds is 5. The van der Waals surface area contributed by atoms with Crippen LogP contribution in [0.1, 0.15) is 11.1 Å². The average molecular weight is 362 g/mol. The standard InChI is InChI=1S/C19H18N6O2/c1-12-4-3-5-13-8-14(19(26)22-18(12)13)10-20-15-6-7-16(17(9-15)27-2)25-11-21-23-24-25/h3-9,11,20H,10H2,1-2H3,(H,22,26). The molecule has 0 atom stereocenters. The van der Waals surface area contributed by atoms with Gasteiger partial charge in [-0.25, -0.2) is 0 Å². The Kier molecular flexibility index (Phi) is 4.29. The fourth-order valence-corrected chi connectivity index (χ4v) is 3.01. The number of hydrogen-bond acceptors (Lipinski definition) is 6. The van der Waals surface area contributed by atoms with Crippen molar-refractivity contribution < 1.29 is 4.74 Å². The largest absolute Gasteiger partial charge is 0.494 e. The summed E-state index contributed by atoms with van der Waals surface area (Å²) in [5.41, 5.74) is 4.04. The van der Waals surface area contributed by atoms with Crippen LogP contribution in [-0.4, -0.2) is 32.3 Å². The number of ether oxygens (including phenoxy) is 1. The Morgan fingerprint density at radius 3 is 2.89 bits per heavy atom. The molecule has 0 aliphatic rings. The summed E-state index contributed by atoms with van der Waals surface area (Å²) < 4.78 is 6.96. The number of aromatic amines is 1. The van der Waals surface area contributed by atoms with Crippen LogP contribution in [0.4, 0.5) is 5.69 Å². The number of fused-ring (bicyclic) bond motifs is 1. The maximum atomic E-state index is 12.4. The summed E-state index contributed by atoms with van der Waals surface area (Å²) in [7, 11) is 1.59. The fraction of sp³-hybridized carbons (Fsp3) is 0.158. The molecule has 0 unspecified atom stereocenters. The van der Waals surface area contributed by atoms with Crippen LogP contribution in [0.25, 0.3) is 16.6 Å². The maximum Gasteiger partial charge on any atom is 0.253 e. The molecule has 4 aromatic rings. The lowest BCUT2D eigenvalue weighted by Gasteiger charge is -2.12. The van der Waals surface area contributed by atoms with E-state index in [1.807, 2.05) is 49.4 Å². The van der Waals surface area contributed by atoms with Crippen LogP contribution in [-0.2, 0) is 6.54 Å². The van der Waals surface area contributed by atoms with Gasteiger partial charge in [-0.15, -0.1) is 5.10 Å². The van der Waals surface area contributed by atoms with Crippen molar-refractivity contribution in [3.63, 3.8) is 0 Å². The molecule has 4 rings (SSSR count). The van der Waals surface area contributed by atoms with E-state index in [0.717, 1.165) is 27.8 Å². The third-order valence-electron chi connectivity index (χ3n) is 4.42. The van der Waals surface area contributed by atoms with Gasteiger partial charge in [-0.05, 0) is 46.5 Å².